The first-order valence-corrected chi connectivity index (χ1v) is 5.66. The van der Waals surface area contributed by atoms with E-state index in [1.165, 1.54) is 0 Å². The molecule has 84 valence electrons. The quantitative estimate of drug-likeness (QED) is 0.730. The van der Waals surface area contributed by atoms with E-state index in [4.69, 9.17) is 9.47 Å². The smallest absolute Gasteiger partial charge is 0.0961 e. The van der Waals surface area contributed by atoms with Crippen molar-refractivity contribution in [2.24, 2.45) is 5.92 Å². The van der Waals surface area contributed by atoms with Gasteiger partial charge in [0, 0.05) is 19.3 Å². The standard InChI is InChI=1S/C11H23NO2/c1-4-12-10-5-6-13-8-11(10)14-7-9(2)3/h9-12H,4-8H2,1-3H3. The predicted octanol–water partition coefficient (Wildman–Crippen LogP) is 1.43. The molecule has 3 nitrogen and oxygen atoms in total. The third kappa shape index (κ3) is 3.95. The Labute approximate surface area is 87.2 Å². The molecule has 0 bridgehead atoms. The van der Waals surface area contributed by atoms with E-state index >= 15 is 0 Å². The molecule has 0 aromatic rings. The molecule has 3 heteroatoms. The summed E-state index contributed by atoms with van der Waals surface area (Å²) in [4.78, 5) is 0. The van der Waals surface area contributed by atoms with E-state index in [0.717, 1.165) is 32.8 Å². The number of ether oxygens (including phenoxy) is 2. The fraction of sp³-hybridized carbons (Fsp3) is 1.00. The van der Waals surface area contributed by atoms with Gasteiger partial charge in [0.15, 0.2) is 0 Å². The van der Waals surface area contributed by atoms with Crippen molar-refractivity contribution in [2.45, 2.75) is 39.3 Å². The van der Waals surface area contributed by atoms with E-state index < -0.39 is 0 Å². The summed E-state index contributed by atoms with van der Waals surface area (Å²) in [5, 5.41) is 3.45. The van der Waals surface area contributed by atoms with E-state index in [0.29, 0.717) is 12.0 Å². The van der Waals surface area contributed by atoms with Crippen LogP contribution in [0.3, 0.4) is 0 Å². The van der Waals surface area contributed by atoms with Gasteiger partial charge in [-0.25, -0.2) is 0 Å². The second-order valence-electron chi connectivity index (χ2n) is 4.29. The Morgan fingerprint density at radius 1 is 1.50 bits per heavy atom. The van der Waals surface area contributed by atoms with Crippen LogP contribution in [-0.2, 0) is 9.47 Å². The Hall–Kier alpha value is -0.120. The first kappa shape index (κ1) is 12.0. The Kier molecular flexibility index (Phi) is 5.45. The summed E-state index contributed by atoms with van der Waals surface area (Å²) in [5.74, 6) is 0.596. The molecular formula is C11H23NO2. The highest BCUT2D eigenvalue weighted by Gasteiger charge is 2.25. The van der Waals surface area contributed by atoms with Crippen molar-refractivity contribution in [1.29, 1.82) is 0 Å². The molecule has 1 N–H and O–H groups in total. The second-order valence-corrected chi connectivity index (χ2v) is 4.29. The summed E-state index contributed by atoms with van der Waals surface area (Å²) in [5.41, 5.74) is 0. The van der Waals surface area contributed by atoms with Crippen molar-refractivity contribution in [1.82, 2.24) is 5.32 Å². The molecular weight excluding hydrogens is 178 g/mol. The lowest BCUT2D eigenvalue weighted by atomic mass is 10.1. The highest BCUT2D eigenvalue weighted by Crippen LogP contribution is 2.12. The molecule has 1 aliphatic rings. The summed E-state index contributed by atoms with van der Waals surface area (Å²) in [6, 6.07) is 0.479. The number of likely N-dealkylation sites (N-methyl/N-ethyl adjacent to an activating group) is 1. The topological polar surface area (TPSA) is 30.5 Å². The Morgan fingerprint density at radius 2 is 2.29 bits per heavy atom. The molecule has 1 saturated heterocycles. The zero-order valence-corrected chi connectivity index (χ0v) is 9.58. The molecule has 2 unspecified atom stereocenters. The fourth-order valence-electron chi connectivity index (χ4n) is 1.69. The van der Waals surface area contributed by atoms with Crippen LogP contribution in [0.2, 0.25) is 0 Å². The zero-order valence-electron chi connectivity index (χ0n) is 9.58. The average molecular weight is 201 g/mol. The van der Waals surface area contributed by atoms with Crippen LogP contribution in [0.5, 0.6) is 0 Å². The molecule has 1 fully saturated rings. The highest BCUT2D eigenvalue weighted by atomic mass is 16.5. The third-order valence-electron chi connectivity index (χ3n) is 2.41. The van der Waals surface area contributed by atoms with E-state index in [2.05, 4.69) is 26.1 Å². The summed E-state index contributed by atoms with van der Waals surface area (Å²) in [7, 11) is 0. The van der Waals surface area contributed by atoms with Crippen molar-refractivity contribution in [3.05, 3.63) is 0 Å². The molecule has 1 rings (SSSR count). The van der Waals surface area contributed by atoms with Gasteiger partial charge in [0.05, 0.1) is 12.7 Å². The molecule has 0 saturated carbocycles. The van der Waals surface area contributed by atoms with Crippen LogP contribution in [0.4, 0.5) is 0 Å². The van der Waals surface area contributed by atoms with Crippen LogP contribution in [0.25, 0.3) is 0 Å². The van der Waals surface area contributed by atoms with Crippen LogP contribution in [0.1, 0.15) is 27.2 Å². The molecule has 0 aromatic heterocycles. The van der Waals surface area contributed by atoms with Crippen LogP contribution >= 0.6 is 0 Å². The van der Waals surface area contributed by atoms with Gasteiger partial charge >= 0.3 is 0 Å². The van der Waals surface area contributed by atoms with Crippen molar-refractivity contribution < 1.29 is 9.47 Å². The molecule has 0 aliphatic carbocycles. The molecule has 0 radical (unpaired) electrons. The molecule has 0 aromatic carbocycles. The molecule has 0 spiro atoms. The Morgan fingerprint density at radius 3 is 2.93 bits per heavy atom. The minimum atomic E-state index is 0.242. The van der Waals surface area contributed by atoms with Crippen molar-refractivity contribution >= 4 is 0 Å². The van der Waals surface area contributed by atoms with Crippen molar-refractivity contribution in [3.63, 3.8) is 0 Å². The molecule has 0 amide bonds. The van der Waals surface area contributed by atoms with Gasteiger partial charge in [0.25, 0.3) is 0 Å². The normalized spacial score (nSPS) is 28.3. The number of hydrogen-bond donors (Lipinski definition) is 1. The Balaban J connectivity index is 2.30. The Bertz CT molecular complexity index is 148. The molecule has 1 aliphatic heterocycles. The number of hydrogen-bond acceptors (Lipinski definition) is 3. The van der Waals surface area contributed by atoms with Gasteiger partial charge in [-0.3, -0.25) is 0 Å². The van der Waals surface area contributed by atoms with E-state index in [1.54, 1.807) is 0 Å². The molecule has 2 atom stereocenters. The van der Waals surface area contributed by atoms with E-state index in [-0.39, 0.29) is 6.10 Å². The summed E-state index contributed by atoms with van der Waals surface area (Å²) in [6.07, 6.45) is 1.31. The maximum absolute atomic E-state index is 5.82. The maximum Gasteiger partial charge on any atom is 0.0961 e. The van der Waals surface area contributed by atoms with Crippen LogP contribution in [-0.4, -0.2) is 38.5 Å². The molecule has 1 heterocycles. The lowest BCUT2D eigenvalue weighted by Gasteiger charge is -2.32. The minimum Gasteiger partial charge on any atom is -0.379 e. The zero-order chi connectivity index (χ0) is 10.4. The van der Waals surface area contributed by atoms with Crippen molar-refractivity contribution in [3.8, 4) is 0 Å². The van der Waals surface area contributed by atoms with Crippen LogP contribution in [0.15, 0.2) is 0 Å². The molecule has 14 heavy (non-hydrogen) atoms. The highest BCUT2D eigenvalue weighted by molar-refractivity contribution is 4.80. The summed E-state index contributed by atoms with van der Waals surface area (Å²) >= 11 is 0. The van der Waals surface area contributed by atoms with Gasteiger partial charge in [-0.15, -0.1) is 0 Å². The summed E-state index contributed by atoms with van der Waals surface area (Å²) < 4.78 is 11.2. The monoisotopic (exact) mass is 201 g/mol. The first-order valence-electron chi connectivity index (χ1n) is 5.66. The average Bonchev–Trinajstić information content (AvgIpc) is 2.17. The third-order valence-corrected chi connectivity index (χ3v) is 2.41. The lowest BCUT2D eigenvalue weighted by Crippen LogP contribution is -2.48. The lowest BCUT2D eigenvalue weighted by molar-refractivity contribution is -0.0749. The van der Waals surface area contributed by atoms with Gasteiger partial charge in [-0.2, -0.15) is 0 Å². The van der Waals surface area contributed by atoms with Gasteiger partial charge in [-0.05, 0) is 18.9 Å². The largest absolute Gasteiger partial charge is 0.379 e. The maximum atomic E-state index is 5.82. The minimum absolute atomic E-state index is 0.242. The SMILES string of the molecule is CCNC1CCOCC1OCC(C)C. The van der Waals surface area contributed by atoms with Gasteiger partial charge in [0.1, 0.15) is 0 Å². The number of rotatable bonds is 5. The summed E-state index contributed by atoms with van der Waals surface area (Å²) in [6.45, 7) is 9.92. The van der Waals surface area contributed by atoms with Gasteiger partial charge in [-0.1, -0.05) is 20.8 Å². The van der Waals surface area contributed by atoms with Crippen LogP contribution in [0, 0.1) is 5.92 Å². The number of nitrogens with one attached hydrogen (secondary N) is 1. The first-order chi connectivity index (χ1) is 6.74. The van der Waals surface area contributed by atoms with E-state index in [1.807, 2.05) is 0 Å². The van der Waals surface area contributed by atoms with E-state index in [9.17, 15) is 0 Å². The predicted molar refractivity (Wildman–Crippen MR) is 57.5 cm³/mol. The second kappa shape index (κ2) is 6.38. The fourth-order valence-corrected chi connectivity index (χ4v) is 1.69. The van der Waals surface area contributed by atoms with Gasteiger partial charge < -0.3 is 14.8 Å². The van der Waals surface area contributed by atoms with Crippen LogP contribution < -0.4 is 5.32 Å². The van der Waals surface area contributed by atoms with Crippen molar-refractivity contribution in [2.75, 3.05) is 26.4 Å². The van der Waals surface area contributed by atoms with Gasteiger partial charge in [0.2, 0.25) is 0 Å².